The average molecular weight is 468 g/mol. The van der Waals surface area contributed by atoms with Gasteiger partial charge in [-0.3, -0.25) is 4.99 Å². The summed E-state index contributed by atoms with van der Waals surface area (Å²) in [6.07, 6.45) is 0. The Morgan fingerprint density at radius 3 is 2.23 bits per heavy atom. The highest BCUT2D eigenvalue weighted by Gasteiger charge is 2.00. The van der Waals surface area contributed by atoms with Gasteiger partial charge in [-0.25, -0.2) is 0 Å². The lowest BCUT2D eigenvalue weighted by Gasteiger charge is -2.14. The summed E-state index contributed by atoms with van der Waals surface area (Å²) >= 11 is 0. The molecule has 2 aromatic carbocycles. The Hall–Kier alpha value is -1.96. The molecule has 5 nitrogen and oxygen atoms in total. The molecule has 26 heavy (non-hydrogen) atoms. The molecule has 0 aliphatic carbocycles. The first-order chi connectivity index (χ1) is 12.1. The zero-order valence-electron chi connectivity index (χ0n) is 16.0. The number of aliphatic imine (C=N–C) groups is 1. The van der Waals surface area contributed by atoms with Crippen molar-refractivity contribution in [1.29, 1.82) is 0 Å². The summed E-state index contributed by atoms with van der Waals surface area (Å²) < 4.78 is 5.70. The lowest BCUT2D eigenvalue weighted by atomic mass is 10.2. The fourth-order valence-electron chi connectivity index (χ4n) is 2.29. The number of benzene rings is 2. The summed E-state index contributed by atoms with van der Waals surface area (Å²) in [6, 6.07) is 16.5. The lowest BCUT2D eigenvalue weighted by molar-refractivity contribution is 0.322. The second kappa shape index (κ2) is 11.6. The predicted octanol–water partition coefficient (Wildman–Crippen LogP) is 3.42. The number of nitrogens with zero attached hydrogens (tertiary/aromatic N) is 2. The van der Waals surface area contributed by atoms with Crippen molar-refractivity contribution >= 4 is 35.6 Å². The molecular weight excluding hydrogens is 439 g/mol. The van der Waals surface area contributed by atoms with Crippen LogP contribution in [0.15, 0.2) is 53.5 Å². The molecule has 0 radical (unpaired) electrons. The summed E-state index contributed by atoms with van der Waals surface area (Å²) in [5.41, 5.74) is 3.64. The second-order valence-corrected chi connectivity index (χ2v) is 6.07. The minimum atomic E-state index is 0. The molecular formula is C20H29IN4O. The Labute approximate surface area is 173 Å². The molecule has 0 aromatic heterocycles. The number of ether oxygens (including phenoxy) is 1. The number of aryl methyl sites for hydroxylation is 1. The van der Waals surface area contributed by atoms with E-state index in [-0.39, 0.29) is 24.0 Å². The van der Waals surface area contributed by atoms with E-state index in [0.717, 1.165) is 18.3 Å². The molecule has 0 saturated heterocycles. The highest BCUT2D eigenvalue weighted by molar-refractivity contribution is 14.0. The average Bonchev–Trinajstić information content (AvgIpc) is 2.63. The SMILES string of the molecule is CN=C(NCCOc1ccc(C)cc1)NCc1ccc(N(C)C)cc1.I. The summed E-state index contributed by atoms with van der Waals surface area (Å²) in [4.78, 5) is 6.32. The minimum Gasteiger partial charge on any atom is -0.492 e. The van der Waals surface area contributed by atoms with Crippen LogP contribution >= 0.6 is 24.0 Å². The summed E-state index contributed by atoms with van der Waals surface area (Å²) in [7, 11) is 5.85. The number of rotatable bonds is 7. The molecule has 2 aromatic rings. The van der Waals surface area contributed by atoms with Crippen molar-refractivity contribution in [2.75, 3.05) is 39.2 Å². The van der Waals surface area contributed by atoms with Crippen LogP contribution in [-0.4, -0.2) is 40.3 Å². The van der Waals surface area contributed by atoms with Crippen molar-refractivity contribution in [2.45, 2.75) is 13.5 Å². The lowest BCUT2D eigenvalue weighted by Crippen LogP contribution is -2.38. The summed E-state index contributed by atoms with van der Waals surface area (Å²) in [6.45, 7) is 4.07. The van der Waals surface area contributed by atoms with Gasteiger partial charge in [-0.05, 0) is 36.8 Å². The smallest absolute Gasteiger partial charge is 0.191 e. The van der Waals surface area contributed by atoms with Crippen LogP contribution in [0.4, 0.5) is 5.69 Å². The Morgan fingerprint density at radius 2 is 1.65 bits per heavy atom. The van der Waals surface area contributed by atoms with Gasteiger partial charge >= 0.3 is 0 Å². The molecule has 0 amide bonds. The molecule has 0 saturated carbocycles. The van der Waals surface area contributed by atoms with Gasteiger partial charge in [0.05, 0.1) is 6.54 Å². The Bertz CT molecular complexity index is 669. The molecule has 0 heterocycles. The van der Waals surface area contributed by atoms with Crippen molar-refractivity contribution in [2.24, 2.45) is 4.99 Å². The number of anilines is 1. The molecule has 0 aliphatic heterocycles. The zero-order chi connectivity index (χ0) is 18.1. The predicted molar refractivity (Wildman–Crippen MR) is 121 cm³/mol. The molecule has 0 aliphatic rings. The highest BCUT2D eigenvalue weighted by atomic mass is 127. The first-order valence-corrected chi connectivity index (χ1v) is 8.49. The van der Waals surface area contributed by atoms with Gasteiger partial charge in [0.25, 0.3) is 0 Å². The molecule has 2 rings (SSSR count). The Kier molecular flexibility index (Phi) is 9.87. The van der Waals surface area contributed by atoms with E-state index in [9.17, 15) is 0 Å². The maximum Gasteiger partial charge on any atom is 0.191 e. The molecule has 0 bridgehead atoms. The van der Waals surface area contributed by atoms with Crippen LogP contribution in [0.25, 0.3) is 0 Å². The first kappa shape index (κ1) is 22.1. The van der Waals surface area contributed by atoms with Gasteiger partial charge in [0, 0.05) is 33.4 Å². The van der Waals surface area contributed by atoms with Crippen LogP contribution in [0.5, 0.6) is 5.75 Å². The third-order valence-electron chi connectivity index (χ3n) is 3.82. The maximum absolute atomic E-state index is 5.70. The fourth-order valence-corrected chi connectivity index (χ4v) is 2.29. The maximum atomic E-state index is 5.70. The van der Waals surface area contributed by atoms with Crippen molar-refractivity contribution < 1.29 is 4.74 Å². The highest BCUT2D eigenvalue weighted by Crippen LogP contribution is 2.12. The molecule has 0 unspecified atom stereocenters. The van der Waals surface area contributed by atoms with Gasteiger partial charge < -0.3 is 20.3 Å². The van der Waals surface area contributed by atoms with E-state index < -0.39 is 0 Å². The van der Waals surface area contributed by atoms with Gasteiger partial charge in [0.15, 0.2) is 5.96 Å². The molecule has 142 valence electrons. The van der Waals surface area contributed by atoms with Gasteiger partial charge in [-0.2, -0.15) is 0 Å². The number of hydrogen-bond acceptors (Lipinski definition) is 3. The van der Waals surface area contributed by atoms with Crippen molar-refractivity contribution in [1.82, 2.24) is 10.6 Å². The molecule has 0 fully saturated rings. The molecule has 0 spiro atoms. The third kappa shape index (κ3) is 7.51. The molecule has 2 N–H and O–H groups in total. The van der Waals surface area contributed by atoms with Gasteiger partial charge in [0.2, 0.25) is 0 Å². The Balaban J connectivity index is 0.00000338. The first-order valence-electron chi connectivity index (χ1n) is 8.49. The minimum absolute atomic E-state index is 0. The van der Waals surface area contributed by atoms with E-state index in [4.69, 9.17) is 4.74 Å². The van der Waals surface area contributed by atoms with Crippen molar-refractivity contribution in [3.8, 4) is 5.75 Å². The van der Waals surface area contributed by atoms with Crippen LogP contribution in [-0.2, 0) is 6.54 Å². The zero-order valence-corrected chi connectivity index (χ0v) is 18.3. The number of halogens is 1. The largest absolute Gasteiger partial charge is 0.492 e. The van der Waals surface area contributed by atoms with Crippen molar-refractivity contribution in [3.63, 3.8) is 0 Å². The van der Waals surface area contributed by atoms with Crippen LogP contribution in [0.1, 0.15) is 11.1 Å². The number of nitrogens with one attached hydrogen (secondary N) is 2. The van der Waals surface area contributed by atoms with Crippen molar-refractivity contribution in [3.05, 3.63) is 59.7 Å². The van der Waals surface area contributed by atoms with Crippen LogP contribution in [0.2, 0.25) is 0 Å². The number of guanidine groups is 1. The van der Waals surface area contributed by atoms with E-state index in [1.807, 2.05) is 38.4 Å². The quantitative estimate of drug-likeness (QED) is 0.283. The monoisotopic (exact) mass is 468 g/mol. The van der Waals surface area contributed by atoms with Gasteiger partial charge in [-0.15, -0.1) is 24.0 Å². The van der Waals surface area contributed by atoms with E-state index in [2.05, 4.69) is 51.7 Å². The number of hydrogen-bond donors (Lipinski definition) is 2. The van der Waals surface area contributed by atoms with E-state index in [1.165, 1.54) is 16.8 Å². The van der Waals surface area contributed by atoms with E-state index in [1.54, 1.807) is 7.05 Å². The van der Waals surface area contributed by atoms with Crippen LogP contribution in [0, 0.1) is 6.92 Å². The molecule has 0 atom stereocenters. The van der Waals surface area contributed by atoms with Gasteiger partial charge in [-0.1, -0.05) is 29.8 Å². The summed E-state index contributed by atoms with van der Waals surface area (Å²) in [5, 5.41) is 6.57. The van der Waals surface area contributed by atoms with Gasteiger partial charge in [0.1, 0.15) is 12.4 Å². The van der Waals surface area contributed by atoms with E-state index in [0.29, 0.717) is 13.2 Å². The Morgan fingerprint density at radius 1 is 1.00 bits per heavy atom. The summed E-state index contributed by atoms with van der Waals surface area (Å²) in [5.74, 6) is 1.65. The third-order valence-corrected chi connectivity index (χ3v) is 3.82. The normalized spacial score (nSPS) is 10.7. The standard InChI is InChI=1S/C20H28N4O.HI/c1-16-5-11-19(12-6-16)25-14-13-22-20(21-2)23-15-17-7-9-18(10-8-17)24(3)4;/h5-12H,13-15H2,1-4H3,(H2,21,22,23);1H. The van der Waals surface area contributed by atoms with Crippen LogP contribution in [0.3, 0.4) is 0 Å². The molecule has 6 heteroatoms. The second-order valence-electron chi connectivity index (χ2n) is 6.07. The fraction of sp³-hybridized carbons (Fsp3) is 0.350. The van der Waals surface area contributed by atoms with Crippen LogP contribution < -0.4 is 20.3 Å². The topological polar surface area (TPSA) is 48.9 Å². The van der Waals surface area contributed by atoms with E-state index >= 15 is 0 Å².